The molecule has 0 radical (unpaired) electrons. The van der Waals surface area contributed by atoms with E-state index in [-0.39, 0.29) is 17.4 Å². The van der Waals surface area contributed by atoms with E-state index in [1.165, 1.54) is 11.8 Å². The van der Waals surface area contributed by atoms with Crippen LogP contribution in [0.15, 0.2) is 64.5 Å². The predicted octanol–water partition coefficient (Wildman–Crippen LogP) is 5.65. The highest BCUT2D eigenvalue weighted by Gasteiger charge is 2.33. The summed E-state index contributed by atoms with van der Waals surface area (Å²) < 4.78 is 0. The lowest BCUT2D eigenvalue weighted by Crippen LogP contribution is -2.51. The van der Waals surface area contributed by atoms with Gasteiger partial charge in [0.1, 0.15) is 16.7 Å². The molecule has 0 bridgehead atoms. The number of rotatable bonds is 5. The van der Waals surface area contributed by atoms with Crippen molar-refractivity contribution in [3.63, 3.8) is 0 Å². The lowest BCUT2D eigenvalue weighted by Gasteiger charge is -2.35. The quantitative estimate of drug-likeness (QED) is 0.376. The Morgan fingerprint density at radius 2 is 1.72 bits per heavy atom. The number of carbonyl (C=O) groups is 2. The number of anilines is 1. The highest BCUT2D eigenvalue weighted by atomic mass is 35.5. The molecule has 2 aliphatic heterocycles. The summed E-state index contributed by atoms with van der Waals surface area (Å²) in [5.41, 5.74) is 3.86. The lowest BCUT2D eigenvalue weighted by molar-refractivity contribution is -0.138. The fraction of sp³-hybridized carbons (Fsp3) is 0.321. The molecule has 0 aliphatic carbocycles. The van der Waals surface area contributed by atoms with Gasteiger partial charge in [-0.05, 0) is 36.6 Å². The van der Waals surface area contributed by atoms with Gasteiger partial charge in [-0.25, -0.2) is 0 Å². The molecule has 36 heavy (non-hydrogen) atoms. The summed E-state index contributed by atoms with van der Waals surface area (Å²) in [6.45, 7) is 7.83. The maximum atomic E-state index is 13.6. The standard InChI is InChI=1S/C28H29ClN4O2S/c1-19(2)15-26(34)31-11-13-32(14-12-31)27(35)24(17-30)28-33(23-6-4-5-22(29)16-23)25(18-36-28)21-9-7-20(3)8-10-21/h4-10,16,18-19H,11-15H2,1-3H3. The summed E-state index contributed by atoms with van der Waals surface area (Å²) in [5, 5.41) is 13.2. The van der Waals surface area contributed by atoms with Crippen molar-refractivity contribution >= 4 is 46.6 Å². The molecule has 2 aromatic rings. The van der Waals surface area contributed by atoms with Crippen LogP contribution in [0, 0.1) is 24.2 Å². The first-order chi connectivity index (χ1) is 17.3. The highest BCUT2D eigenvalue weighted by molar-refractivity contribution is 8.06. The number of hydrogen-bond acceptors (Lipinski definition) is 5. The number of halogens is 1. The van der Waals surface area contributed by atoms with Crippen molar-refractivity contribution < 1.29 is 9.59 Å². The average molecular weight is 521 g/mol. The Morgan fingerprint density at radius 1 is 1.06 bits per heavy atom. The number of aryl methyl sites for hydroxylation is 1. The van der Waals surface area contributed by atoms with E-state index in [1.807, 2.05) is 78.4 Å². The van der Waals surface area contributed by atoms with E-state index in [0.717, 1.165) is 22.5 Å². The van der Waals surface area contributed by atoms with Crippen molar-refractivity contribution in [2.24, 2.45) is 5.92 Å². The first-order valence-corrected chi connectivity index (χ1v) is 13.2. The van der Waals surface area contributed by atoms with Crippen LogP contribution in [-0.2, 0) is 9.59 Å². The third-order valence-corrected chi connectivity index (χ3v) is 7.37. The third-order valence-electron chi connectivity index (χ3n) is 6.18. The number of nitriles is 1. The zero-order valence-electron chi connectivity index (χ0n) is 20.7. The summed E-state index contributed by atoms with van der Waals surface area (Å²) in [7, 11) is 0. The summed E-state index contributed by atoms with van der Waals surface area (Å²) in [6, 6.07) is 17.7. The summed E-state index contributed by atoms with van der Waals surface area (Å²) in [4.78, 5) is 31.4. The number of benzene rings is 2. The van der Waals surface area contributed by atoms with E-state index in [4.69, 9.17) is 11.6 Å². The van der Waals surface area contributed by atoms with Gasteiger partial charge in [0.25, 0.3) is 5.91 Å². The first-order valence-electron chi connectivity index (χ1n) is 12.0. The SMILES string of the molecule is Cc1ccc(C2=CSC(=C(C#N)C(=O)N3CCN(C(=O)CC(C)C)CC3)N2c2cccc(Cl)c2)cc1. The third kappa shape index (κ3) is 5.61. The highest BCUT2D eigenvalue weighted by Crippen LogP contribution is 2.45. The lowest BCUT2D eigenvalue weighted by atomic mass is 10.1. The molecule has 0 saturated carbocycles. The van der Waals surface area contributed by atoms with Gasteiger partial charge in [-0.3, -0.25) is 9.59 Å². The fourth-order valence-corrected chi connectivity index (χ4v) is 5.48. The number of hydrogen-bond donors (Lipinski definition) is 0. The van der Waals surface area contributed by atoms with E-state index < -0.39 is 0 Å². The molecule has 0 aromatic heterocycles. The normalized spacial score (nSPS) is 17.2. The Morgan fingerprint density at radius 3 is 2.33 bits per heavy atom. The van der Waals surface area contributed by atoms with Gasteiger partial charge >= 0.3 is 0 Å². The molecule has 4 rings (SSSR count). The second-order valence-electron chi connectivity index (χ2n) is 9.37. The molecule has 0 atom stereocenters. The van der Waals surface area contributed by atoms with Crippen molar-refractivity contribution in [3.05, 3.63) is 80.7 Å². The second kappa shape index (κ2) is 11.2. The predicted molar refractivity (Wildman–Crippen MR) is 146 cm³/mol. The van der Waals surface area contributed by atoms with Gasteiger partial charge in [-0.1, -0.05) is 73.1 Å². The number of nitrogens with zero attached hydrogens (tertiary/aromatic N) is 4. The van der Waals surface area contributed by atoms with Gasteiger partial charge < -0.3 is 14.7 Å². The average Bonchev–Trinajstić information content (AvgIpc) is 3.29. The molecule has 2 amide bonds. The Labute approximate surface area is 221 Å². The zero-order chi connectivity index (χ0) is 25.8. The van der Waals surface area contributed by atoms with Crippen LogP contribution in [0.5, 0.6) is 0 Å². The van der Waals surface area contributed by atoms with E-state index in [9.17, 15) is 14.9 Å². The Balaban J connectivity index is 1.63. The topological polar surface area (TPSA) is 67.6 Å². The van der Waals surface area contributed by atoms with Crippen molar-refractivity contribution in [2.45, 2.75) is 27.2 Å². The molecule has 1 saturated heterocycles. The minimum Gasteiger partial charge on any atom is -0.339 e. The van der Waals surface area contributed by atoms with Gasteiger partial charge in [-0.2, -0.15) is 5.26 Å². The minimum atomic E-state index is -0.318. The van der Waals surface area contributed by atoms with E-state index in [0.29, 0.717) is 48.6 Å². The van der Waals surface area contributed by atoms with Crippen LogP contribution < -0.4 is 4.90 Å². The zero-order valence-corrected chi connectivity index (χ0v) is 22.3. The Kier molecular flexibility index (Phi) is 8.07. The van der Waals surface area contributed by atoms with E-state index >= 15 is 0 Å². The van der Waals surface area contributed by atoms with Crippen LogP contribution in [0.2, 0.25) is 5.02 Å². The van der Waals surface area contributed by atoms with Gasteiger partial charge in [0.15, 0.2) is 0 Å². The fourth-order valence-electron chi connectivity index (χ4n) is 4.27. The summed E-state index contributed by atoms with van der Waals surface area (Å²) in [5.74, 6) is 0.0853. The maximum absolute atomic E-state index is 13.6. The smallest absolute Gasteiger partial charge is 0.267 e. The molecule has 1 fully saturated rings. The molecule has 0 N–H and O–H groups in total. The number of thioether (sulfide) groups is 1. The van der Waals surface area contributed by atoms with E-state index in [2.05, 4.69) is 6.07 Å². The Hall–Kier alpha value is -3.21. The van der Waals surface area contributed by atoms with Gasteiger partial charge in [-0.15, -0.1) is 0 Å². The van der Waals surface area contributed by atoms with Crippen molar-refractivity contribution in [1.29, 1.82) is 5.26 Å². The van der Waals surface area contributed by atoms with Crippen LogP contribution >= 0.6 is 23.4 Å². The maximum Gasteiger partial charge on any atom is 0.267 e. The molecule has 2 aliphatic rings. The molecule has 8 heteroatoms. The van der Waals surface area contributed by atoms with Crippen LogP contribution in [0.4, 0.5) is 5.69 Å². The monoisotopic (exact) mass is 520 g/mol. The van der Waals surface area contributed by atoms with Crippen molar-refractivity contribution in [2.75, 3.05) is 31.1 Å². The van der Waals surface area contributed by atoms with Crippen molar-refractivity contribution in [1.82, 2.24) is 9.80 Å². The van der Waals surface area contributed by atoms with Crippen molar-refractivity contribution in [3.8, 4) is 6.07 Å². The largest absolute Gasteiger partial charge is 0.339 e. The molecule has 0 spiro atoms. The Bertz CT molecular complexity index is 1260. The van der Waals surface area contributed by atoms with Crippen LogP contribution in [-0.4, -0.2) is 47.8 Å². The molecule has 186 valence electrons. The van der Waals surface area contributed by atoms with E-state index in [1.54, 1.807) is 11.0 Å². The first kappa shape index (κ1) is 25.9. The molecule has 6 nitrogen and oxygen atoms in total. The molecule has 0 unspecified atom stereocenters. The van der Waals surface area contributed by atoms with Gasteiger partial charge in [0, 0.05) is 48.7 Å². The van der Waals surface area contributed by atoms with Gasteiger partial charge in [0.2, 0.25) is 5.91 Å². The molecular weight excluding hydrogens is 492 g/mol. The molecule has 2 heterocycles. The van der Waals surface area contributed by atoms with Crippen LogP contribution in [0.25, 0.3) is 5.70 Å². The summed E-state index contributed by atoms with van der Waals surface area (Å²) >= 11 is 7.67. The minimum absolute atomic E-state index is 0.0836. The van der Waals surface area contributed by atoms with Gasteiger partial charge in [0.05, 0.1) is 5.70 Å². The van der Waals surface area contributed by atoms with Crippen LogP contribution in [0.1, 0.15) is 31.4 Å². The second-order valence-corrected chi connectivity index (χ2v) is 10.7. The number of amides is 2. The summed E-state index contributed by atoms with van der Waals surface area (Å²) in [6.07, 6.45) is 0.500. The number of carbonyl (C=O) groups excluding carboxylic acids is 2. The molecule has 2 aromatic carbocycles. The van der Waals surface area contributed by atoms with Crippen LogP contribution in [0.3, 0.4) is 0 Å². The molecular formula is C28H29ClN4O2S. The number of piperazine rings is 1.